The van der Waals surface area contributed by atoms with E-state index in [0.29, 0.717) is 0 Å². The summed E-state index contributed by atoms with van der Waals surface area (Å²) in [7, 11) is 0. The Labute approximate surface area is 110 Å². The minimum absolute atomic E-state index is 0.128. The van der Waals surface area contributed by atoms with Gasteiger partial charge in [0.15, 0.2) is 0 Å². The lowest BCUT2D eigenvalue weighted by Gasteiger charge is -2.21. The zero-order valence-electron chi connectivity index (χ0n) is 10.5. The van der Waals surface area contributed by atoms with Gasteiger partial charge in [-0.25, -0.2) is 0 Å². The summed E-state index contributed by atoms with van der Waals surface area (Å²) in [6.07, 6.45) is 0.0335. The molecular weight excluding hydrogens is 252 g/mol. The van der Waals surface area contributed by atoms with Crippen molar-refractivity contribution < 1.29 is 14.7 Å². The van der Waals surface area contributed by atoms with Crippen molar-refractivity contribution in [1.29, 1.82) is 0 Å². The smallest absolute Gasteiger partial charge is 0.305 e. The van der Waals surface area contributed by atoms with Crippen LogP contribution in [-0.4, -0.2) is 22.5 Å². The summed E-state index contributed by atoms with van der Waals surface area (Å²) < 4.78 is 0. The van der Waals surface area contributed by atoms with Gasteiger partial charge in [-0.1, -0.05) is 6.07 Å². The Hall–Kier alpha value is -1.40. The molecule has 5 nitrogen and oxygen atoms in total. The Morgan fingerprint density at radius 3 is 2.67 bits per heavy atom. The van der Waals surface area contributed by atoms with Crippen LogP contribution in [0.3, 0.4) is 0 Å². The van der Waals surface area contributed by atoms with E-state index in [2.05, 4.69) is 5.32 Å². The summed E-state index contributed by atoms with van der Waals surface area (Å²) in [6, 6.07) is 3.15. The first-order valence-corrected chi connectivity index (χ1v) is 6.49. The number of aliphatic carboxylic acids is 1. The second-order valence-electron chi connectivity index (χ2n) is 4.90. The molecule has 1 aromatic rings. The Bertz CT molecular complexity index is 409. The average molecular weight is 270 g/mol. The van der Waals surface area contributed by atoms with Gasteiger partial charge in [-0.2, -0.15) is 0 Å². The lowest BCUT2D eigenvalue weighted by atomic mass is 10.0. The van der Waals surface area contributed by atoms with Crippen molar-refractivity contribution in [3.63, 3.8) is 0 Å². The van der Waals surface area contributed by atoms with Gasteiger partial charge >= 0.3 is 5.97 Å². The van der Waals surface area contributed by atoms with E-state index in [-0.39, 0.29) is 18.7 Å². The highest BCUT2D eigenvalue weighted by atomic mass is 32.1. The van der Waals surface area contributed by atoms with Gasteiger partial charge in [0, 0.05) is 16.8 Å². The molecule has 1 rings (SSSR count). The second kappa shape index (κ2) is 5.97. The molecule has 100 valence electrons. The zero-order valence-corrected chi connectivity index (χ0v) is 11.3. The Kier molecular flexibility index (Phi) is 4.86. The number of hydrogen-bond donors (Lipinski definition) is 3. The number of nitrogens with two attached hydrogens (primary N) is 1. The number of carbonyl (C=O) groups excluding carboxylic acids is 1. The topological polar surface area (TPSA) is 92.4 Å². The van der Waals surface area contributed by atoms with Gasteiger partial charge in [0.25, 0.3) is 0 Å². The van der Waals surface area contributed by atoms with Gasteiger partial charge in [0.1, 0.15) is 0 Å². The number of hydrogen-bond acceptors (Lipinski definition) is 4. The van der Waals surface area contributed by atoms with Gasteiger partial charge in [-0.05, 0) is 25.3 Å². The van der Waals surface area contributed by atoms with Crippen LogP contribution in [0.5, 0.6) is 0 Å². The van der Waals surface area contributed by atoms with E-state index in [4.69, 9.17) is 10.8 Å². The lowest BCUT2D eigenvalue weighted by molar-refractivity contribution is -0.137. The van der Waals surface area contributed by atoms with Gasteiger partial charge in [0.2, 0.25) is 5.91 Å². The Morgan fingerprint density at radius 2 is 2.22 bits per heavy atom. The highest BCUT2D eigenvalue weighted by Crippen LogP contribution is 2.22. The molecule has 6 heteroatoms. The van der Waals surface area contributed by atoms with Crippen LogP contribution in [0, 0.1) is 0 Å². The fourth-order valence-corrected chi connectivity index (χ4v) is 2.32. The van der Waals surface area contributed by atoms with E-state index in [0.717, 1.165) is 4.88 Å². The molecule has 0 bridgehead atoms. The first kappa shape index (κ1) is 14.7. The van der Waals surface area contributed by atoms with Crippen LogP contribution in [0.15, 0.2) is 17.5 Å². The standard InChI is InChI=1S/C12H18N2O3S/c1-12(2,13)7-10(15)14-8(6-11(16)17)9-4-3-5-18-9/h3-5,8H,6-7,13H2,1-2H3,(H,14,15)(H,16,17). The third-order valence-corrected chi connectivity index (χ3v) is 3.20. The maximum atomic E-state index is 11.8. The number of thiophene rings is 1. The van der Waals surface area contributed by atoms with Gasteiger partial charge in [-0.15, -0.1) is 11.3 Å². The van der Waals surface area contributed by atoms with Crippen LogP contribution < -0.4 is 11.1 Å². The maximum Gasteiger partial charge on any atom is 0.305 e. The molecule has 0 aliphatic carbocycles. The highest BCUT2D eigenvalue weighted by molar-refractivity contribution is 7.10. The summed E-state index contributed by atoms with van der Waals surface area (Å²) in [5.41, 5.74) is 5.15. The largest absolute Gasteiger partial charge is 0.481 e. The molecule has 0 saturated carbocycles. The normalized spacial score (nSPS) is 13.1. The van der Waals surface area contributed by atoms with E-state index >= 15 is 0 Å². The molecule has 1 unspecified atom stereocenters. The van der Waals surface area contributed by atoms with Crippen molar-refractivity contribution in [3.8, 4) is 0 Å². The predicted octanol–water partition coefficient (Wildman–Crippen LogP) is 1.51. The quantitative estimate of drug-likeness (QED) is 0.730. The van der Waals surface area contributed by atoms with Crippen molar-refractivity contribution >= 4 is 23.2 Å². The number of rotatable bonds is 6. The van der Waals surface area contributed by atoms with Gasteiger partial charge < -0.3 is 16.2 Å². The fraction of sp³-hybridized carbons (Fsp3) is 0.500. The predicted molar refractivity (Wildman–Crippen MR) is 70.3 cm³/mol. The molecule has 18 heavy (non-hydrogen) atoms. The van der Waals surface area contributed by atoms with Crippen molar-refractivity contribution in [3.05, 3.63) is 22.4 Å². The third kappa shape index (κ3) is 5.29. The van der Waals surface area contributed by atoms with Crippen molar-refractivity contribution in [1.82, 2.24) is 5.32 Å². The maximum absolute atomic E-state index is 11.8. The SMILES string of the molecule is CC(C)(N)CC(=O)NC(CC(=O)O)c1cccs1. The van der Waals surface area contributed by atoms with Crippen LogP contribution in [0.1, 0.15) is 37.6 Å². The number of nitrogens with one attached hydrogen (secondary N) is 1. The highest BCUT2D eigenvalue weighted by Gasteiger charge is 2.22. The molecule has 0 aliphatic heterocycles. The molecule has 0 radical (unpaired) electrons. The number of carboxylic acid groups (broad SMARTS) is 1. The van der Waals surface area contributed by atoms with E-state index in [1.165, 1.54) is 11.3 Å². The molecule has 0 saturated heterocycles. The summed E-state index contributed by atoms with van der Waals surface area (Å²) in [5, 5.41) is 13.4. The fourth-order valence-electron chi connectivity index (χ4n) is 1.55. The molecule has 1 heterocycles. The van der Waals surface area contributed by atoms with Crippen LogP contribution in [-0.2, 0) is 9.59 Å². The zero-order chi connectivity index (χ0) is 13.8. The van der Waals surface area contributed by atoms with Crippen LogP contribution in [0.25, 0.3) is 0 Å². The third-order valence-electron chi connectivity index (χ3n) is 2.22. The van der Waals surface area contributed by atoms with Crippen molar-refractivity contribution in [2.45, 2.75) is 38.3 Å². The van der Waals surface area contributed by atoms with E-state index in [9.17, 15) is 9.59 Å². The summed E-state index contributed by atoms with van der Waals surface area (Å²) in [4.78, 5) is 23.4. The van der Waals surface area contributed by atoms with E-state index in [1.54, 1.807) is 13.8 Å². The Morgan fingerprint density at radius 1 is 1.56 bits per heavy atom. The van der Waals surface area contributed by atoms with Crippen LogP contribution in [0.2, 0.25) is 0 Å². The lowest BCUT2D eigenvalue weighted by Crippen LogP contribution is -2.40. The molecule has 1 atom stereocenters. The van der Waals surface area contributed by atoms with Crippen LogP contribution in [0.4, 0.5) is 0 Å². The molecule has 1 amide bonds. The van der Waals surface area contributed by atoms with Gasteiger partial charge in [-0.3, -0.25) is 9.59 Å². The van der Waals surface area contributed by atoms with Crippen molar-refractivity contribution in [2.24, 2.45) is 5.73 Å². The first-order valence-electron chi connectivity index (χ1n) is 5.61. The van der Waals surface area contributed by atoms with E-state index < -0.39 is 17.6 Å². The summed E-state index contributed by atoms with van der Waals surface area (Å²) >= 11 is 1.42. The van der Waals surface area contributed by atoms with E-state index in [1.807, 2.05) is 17.5 Å². The van der Waals surface area contributed by atoms with Gasteiger partial charge in [0.05, 0.1) is 12.5 Å². The Balaban J connectivity index is 2.68. The molecule has 0 aliphatic rings. The number of carbonyl (C=O) groups is 2. The molecule has 0 spiro atoms. The molecule has 1 aromatic heterocycles. The van der Waals surface area contributed by atoms with Crippen molar-refractivity contribution in [2.75, 3.05) is 0 Å². The minimum atomic E-state index is -0.944. The first-order chi connectivity index (χ1) is 8.28. The number of carboxylic acids is 1. The molecule has 4 N–H and O–H groups in total. The molecule has 0 fully saturated rings. The average Bonchev–Trinajstić information content (AvgIpc) is 2.64. The number of amides is 1. The summed E-state index contributed by atoms with van der Waals surface area (Å²) in [5.74, 6) is -1.18. The monoisotopic (exact) mass is 270 g/mol. The molecular formula is C12H18N2O3S. The van der Waals surface area contributed by atoms with Crippen LogP contribution >= 0.6 is 11.3 Å². The minimum Gasteiger partial charge on any atom is -0.481 e. The second-order valence-corrected chi connectivity index (χ2v) is 5.88. The molecule has 0 aromatic carbocycles. The summed E-state index contributed by atoms with van der Waals surface area (Å²) in [6.45, 7) is 3.51.